The van der Waals surface area contributed by atoms with E-state index in [1.54, 1.807) is 19.1 Å². The Morgan fingerprint density at radius 1 is 0.677 bits per heavy atom. The highest BCUT2D eigenvalue weighted by atomic mass is 16.1. The summed E-state index contributed by atoms with van der Waals surface area (Å²) in [5.41, 5.74) is 0. The Bertz CT molecular complexity index is 714. The van der Waals surface area contributed by atoms with Crippen molar-refractivity contribution < 1.29 is 22.2 Å². The average Bonchev–Trinajstić information content (AvgIpc) is 2.74. The summed E-state index contributed by atoms with van der Waals surface area (Å²) in [4.78, 5) is 19.6. The fourth-order valence-electron chi connectivity index (χ4n) is 1.45. The Balaban J connectivity index is -0.0000000321. The highest BCUT2D eigenvalue weighted by Crippen LogP contribution is 1.93. The molecule has 0 fully saturated rings. The first-order valence-corrected chi connectivity index (χ1v) is 9.62. The largest absolute Gasteiger partial charge is 0.412 e. The predicted octanol–water partition coefficient (Wildman–Crippen LogP) is 6.67. The number of hydrogen-bond donors (Lipinski definition) is 0. The van der Waals surface area contributed by atoms with Crippen LogP contribution in [0.25, 0.3) is 0 Å². The molecule has 0 aliphatic rings. The Kier molecular flexibility index (Phi) is 55.8. The normalized spacial score (nSPS) is 8.32. The van der Waals surface area contributed by atoms with Crippen LogP contribution in [0.3, 0.4) is 0 Å². The molecule has 31 heavy (non-hydrogen) atoms. The summed E-state index contributed by atoms with van der Waals surface area (Å²) in [5.74, 6) is 17.0. The lowest BCUT2D eigenvalue weighted by Crippen LogP contribution is -1.65. The molecule has 0 atom stereocenters. The minimum absolute atomic E-state index is 0. The first-order valence-electron chi connectivity index (χ1n) is 9.62. The molecular weight excluding hydrogens is 384 g/mol. The predicted molar refractivity (Wildman–Crippen MR) is 146 cm³/mol. The maximum atomic E-state index is 9.79. The average molecular weight is 433 g/mol. The minimum Gasteiger partial charge on any atom is -0.412 e. The zero-order chi connectivity index (χ0) is 22.3. The first-order chi connectivity index (χ1) is 14.2. The standard InChI is InChI=1S/2C9H14O.C9H4.CH4.H2O.5H2/c2*1-2-3-4-5-6-7-8-9-10;1-3-5-7-9-8-6-4-2;;;;;;;/h2*3-4,7-9H,2,5-6H2,1H3;1H,2H3;1H4;1H2;5*1H/b4-3+,8-7+;4-3-,8-7+;;;;;;;;. The molecule has 2 N–H and O–H groups in total. The minimum atomic E-state index is 0. The van der Waals surface area contributed by atoms with Gasteiger partial charge in [-0.15, -0.1) is 6.42 Å². The van der Waals surface area contributed by atoms with Gasteiger partial charge in [0.05, 0.1) is 0 Å². The number of unbranched alkanes of at least 4 members (excludes halogenated alkanes) is 2. The van der Waals surface area contributed by atoms with Crippen LogP contribution in [0.4, 0.5) is 0 Å². The van der Waals surface area contributed by atoms with Gasteiger partial charge in [0.25, 0.3) is 0 Å². The first kappa shape index (κ1) is 38.1. The molecule has 0 aromatic heterocycles. The van der Waals surface area contributed by atoms with Crippen molar-refractivity contribution in [3.8, 4) is 47.9 Å². The number of terminal acetylenes is 1. The highest BCUT2D eigenvalue weighted by Gasteiger charge is 1.74. The molecule has 0 aromatic carbocycles. The summed E-state index contributed by atoms with van der Waals surface area (Å²) in [5, 5.41) is 0. The van der Waals surface area contributed by atoms with Gasteiger partial charge in [0, 0.05) is 7.13 Å². The molecule has 3 nitrogen and oxygen atoms in total. The third kappa shape index (κ3) is 58.4. The third-order valence-corrected chi connectivity index (χ3v) is 2.68. The van der Waals surface area contributed by atoms with Crippen molar-refractivity contribution in [1.29, 1.82) is 0 Å². The number of hydrogen-bond acceptors (Lipinski definition) is 2. The van der Waals surface area contributed by atoms with Gasteiger partial charge in [-0.1, -0.05) is 63.7 Å². The highest BCUT2D eigenvalue weighted by molar-refractivity contribution is 5.64. The Morgan fingerprint density at radius 3 is 1.42 bits per heavy atom. The van der Waals surface area contributed by atoms with E-state index in [0.717, 1.165) is 51.1 Å². The number of allylic oxidation sites excluding steroid dienone is 8. The second-order valence-electron chi connectivity index (χ2n) is 5.06. The van der Waals surface area contributed by atoms with E-state index < -0.39 is 0 Å². The van der Waals surface area contributed by atoms with Crippen LogP contribution in [-0.4, -0.2) is 18.0 Å². The molecule has 0 aliphatic heterocycles. The van der Waals surface area contributed by atoms with Crippen LogP contribution in [0.2, 0.25) is 0 Å². The second-order valence-corrected chi connectivity index (χ2v) is 5.06. The van der Waals surface area contributed by atoms with Gasteiger partial charge in [-0.05, 0) is 93.1 Å². The van der Waals surface area contributed by atoms with Crippen LogP contribution in [0.1, 0.15) is 73.9 Å². The van der Waals surface area contributed by atoms with E-state index >= 15 is 0 Å². The maximum Gasteiger partial charge on any atom is 0.142 e. The van der Waals surface area contributed by atoms with Gasteiger partial charge in [-0.3, -0.25) is 9.59 Å². The van der Waals surface area contributed by atoms with E-state index in [9.17, 15) is 9.59 Å². The van der Waals surface area contributed by atoms with Gasteiger partial charge >= 0.3 is 0 Å². The molecule has 0 unspecified atom stereocenters. The van der Waals surface area contributed by atoms with E-state index in [4.69, 9.17) is 6.42 Å². The van der Waals surface area contributed by atoms with Crippen LogP contribution < -0.4 is 0 Å². The summed E-state index contributed by atoms with van der Waals surface area (Å²) in [6.45, 7) is 5.93. The van der Waals surface area contributed by atoms with E-state index in [1.807, 2.05) is 12.2 Å². The zero-order valence-corrected chi connectivity index (χ0v) is 18.4. The number of carbonyl (C=O) groups excluding carboxylic acids is 2. The van der Waals surface area contributed by atoms with Crippen molar-refractivity contribution in [3.05, 3.63) is 48.6 Å². The van der Waals surface area contributed by atoms with Crippen LogP contribution in [-0.2, 0) is 9.59 Å². The molecule has 0 aliphatic carbocycles. The third-order valence-electron chi connectivity index (χ3n) is 2.68. The van der Waals surface area contributed by atoms with Crippen LogP contribution >= 0.6 is 0 Å². The molecule has 0 amide bonds. The lowest BCUT2D eigenvalue weighted by atomic mass is 10.2. The molecule has 0 rings (SSSR count). The Morgan fingerprint density at radius 2 is 1.06 bits per heavy atom. The fraction of sp³-hybridized carbons (Fsp3) is 0.357. The van der Waals surface area contributed by atoms with Crippen molar-refractivity contribution in [1.82, 2.24) is 0 Å². The number of rotatable bonds is 10. The maximum absolute atomic E-state index is 9.79. The summed E-state index contributed by atoms with van der Waals surface area (Å²) in [6, 6.07) is 0. The van der Waals surface area contributed by atoms with Gasteiger partial charge < -0.3 is 5.48 Å². The Hall–Kier alpha value is -3.50. The molecule has 0 saturated carbocycles. The van der Waals surface area contributed by atoms with Crippen molar-refractivity contribution in [3.63, 3.8) is 0 Å². The monoisotopic (exact) mass is 432 g/mol. The smallest absolute Gasteiger partial charge is 0.142 e. The van der Waals surface area contributed by atoms with Crippen LogP contribution in [0.5, 0.6) is 0 Å². The van der Waals surface area contributed by atoms with Gasteiger partial charge in [-0.25, -0.2) is 0 Å². The van der Waals surface area contributed by atoms with Gasteiger partial charge in [0.1, 0.15) is 12.6 Å². The molecule has 178 valence electrons. The van der Waals surface area contributed by atoms with E-state index in [2.05, 4.69) is 79.6 Å². The topological polar surface area (TPSA) is 65.6 Å². The van der Waals surface area contributed by atoms with Crippen LogP contribution in [0.15, 0.2) is 48.6 Å². The van der Waals surface area contributed by atoms with Crippen LogP contribution in [0, 0.1) is 47.9 Å². The lowest BCUT2D eigenvalue weighted by molar-refractivity contribution is -0.104. The quantitative estimate of drug-likeness (QED) is 0.127. The van der Waals surface area contributed by atoms with Crippen molar-refractivity contribution in [2.45, 2.75) is 66.7 Å². The Labute approximate surface area is 198 Å². The van der Waals surface area contributed by atoms with E-state index in [0.29, 0.717) is 0 Å². The SMILES string of the molecule is C.C#CC#CC#CC#CC.CC/C=C/CC/C=C/C=O.CC/C=C\CC/C=C/C=O.O.[HH].[HH].[HH].[HH].[HH]. The van der Waals surface area contributed by atoms with Crippen molar-refractivity contribution in [2.24, 2.45) is 0 Å². The number of carbonyl (C=O) groups is 2. The molecule has 0 spiro atoms. The molecule has 0 aromatic rings. The summed E-state index contributed by atoms with van der Waals surface area (Å²) in [7, 11) is 0. The molecule has 0 bridgehead atoms. The zero-order valence-electron chi connectivity index (χ0n) is 18.4. The van der Waals surface area contributed by atoms with Gasteiger partial charge in [-0.2, -0.15) is 0 Å². The van der Waals surface area contributed by atoms with Gasteiger partial charge in [0.15, 0.2) is 0 Å². The molecule has 0 heterocycles. The van der Waals surface area contributed by atoms with Crippen molar-refractivity contribution in [2.75, 3.05) is 0 Å². The van der Waals surface area contributed by atoms with Crippen molar-refractivity contribution >= 4 is 12.6 Å². The second kappa shape index (κ2) is 45.3. The molecule has 0 saturated heterocycles. The molecular formula is C28H48O3. The van der Waals surface area contributed by atoms with E-state index in [-0.39, 0.29) is 20.0 Å². The lowest BCUT2D eigenvalue weighted by Gasteiger charge is -1.83. The summed E-state index contributed by atoms with van der Waals surface area (Å²) < 4.78 is 0. The molecule has 0 radical (unpaired) electrons. The molecule has 3 heteroatoms. The fourth-order valence-corrected chi connectivity index (χ4v) is 1.45. The summed E-state index contributed by atoms with van der Waals surface area (Å²) >= 11 is 0. The number of aldehydes is 2. The summed E-state index contributed by atoms with van der Waals surface area (Å²) in [6.07, 6.45) is 28.0. The van der Waals surface area contributed by atoms with E-state index in [1.165, 1.54) is 0 Å². The van der Waals surface area contributed by atoms with Gasteiger partial charge in [0.2, 0.25) is 0 Å².